The molecule has 0 aromatic heterocycles. The first-order valence-electron chi connectivity index (χ1n) is 6.07. The molecule has 2 amide bonds. The Bertz CT molecular complexity index is 601. The van der Waals surface area contributed by atoms with Gasteiger partial charge < -0.3 is 10.2 Å². The van der Waals surface area contributed by atoms with Crippen LogP contribution in [0.4, 0.5) is 14.9 Å². The van der Waals surface area contributed by atoms with E-state index in [9.17, 15) is 9.18 Å². The molecule has 0 radical (unpaired) electrons. The number of amides is 2. The van der Waals surface area contributed by atoms with Gasteiger partial charge >= 0.3 is 6.03 Å². The molecule has 0 bridgehead atoms. The van der Waals surface area contributed by atoms with E-state index in [0.29, 0.717) is 17.3 Å². The van der Waals surface area contributed by atoms with E-state index < -0.39 is 0 Å². The van der Waals surface area contributed by atoms with Gasteiger partial charge in [-0.25, -0.2) is 9.18 Å². The number of nitrogens with zero attached hydrogens (tertiary/aromatic N) is 1. The fourth-order valence-corrected chi connectivity index (χ4v) is 1.90. The van der Waals surface area contributed by atoms with Gasteiger partial charge in [-0.3, -0.25) is 0 Å². The van der Waals surface area contributed by atoms with Crippen LogP contribution in [0.1, 0.15) is 5.56 Å². The molecule has 0 aliphatic heterocycles. The van der Waals surface area contributed by atoms with E-state index in [1.807, 2.05) is 18.2 Å². The molecule has 0 atom stereocenters. The molecule has 0 fully saturated rings. The Morgan fingerprint density at radius 3 is 2.50 bits per heavy atom. The first-order valence-corrected chi connectivity index (χ1v) is 6.45. The molecule has 0 aliphatic carbocycles. The maximum atomic E-state index is 12.8. The highest BCUT2D eigenvalue weighted by molar-refractivity contribution is 6.31. The minimum atomic E-state index is -0.340. The fraction of sp³-hybridized carbons (Fsp3) is 0.133. The quantitative estimate of drug-likeness (QED) is 0.906. The van der Waals surface area contributed by atoms with Gasteiger partial charge in [0, 0.05) is 24.3 Å². The van der Waals surface area contributed by atoms with Crippen molar-refractivity contribution in [2.45, 2.75) is 6.54 Å². The molecule has 0 unspecified atom stereocenters. The zero-order chi connectivity index (χ0) is 14.5. The molecule has 2 rings (SSSR count). The van der Waals surface area contributed by atoms with Gasteiger partial charge in [0.05, 0.1) is 0 Å². The predicted octanol–water partition coefficient (Wildman–Crippen LogP) is 4.14. The molecule has 1 N–H and O–H groups in total. The van der Waals surface area contributed by atoms with Crippen molar-refractivity contribution >= 4 is 23.3 Å². The predicted molar refractivity (Wildman–Crippen MR) is 78.3 cm³/mol. The molecule has 0 aliphatic rings. The van der Waals surface area contributed by atoms with Crippen LogP contribution < -0.4 is 5.32 Å². The van der Waals surface area contributed by atoms with Gasteiger partial charge in [-0.15, -0.1) is 0 Å². The summed E-state index contributed by atoms with van der Waals surface area (Å²) in [6.07, 6.45) is 0. The Balaban J connectivity index is 1.99. The molecule has 5 heteroatoms. The highest BCUT2D eigenvalue weighted by Gasteiger charge is 2.10. The lowest BCUT2D eigenvalue weighted by Crippen LogP contribution is -2.30. The second-order valence-corrected chi connectivity index (χ2v) is 4.79. The number of benzene rings is 2. The maximum Gasteiger partial charge on any atom is 0.321 e. The molecule has 20 heavy (non-hydrogen) atoms. The normalized spacial score (nSPS) is 10.2. The number of carbonyl (C=O) groups excluding carboxylic acids is 1. The van der Waals surface area contributed by atoms with Gasteiger partial charge in [0.25, 0.3) is 0 Å². The summed E-state index contributed by atoms with van der Waals surface area (Å²) in [5, 5.41) is 3.31. The highest BCUT2D eigenvalue weighted by atomic mass is 35.5. The third-order valence-corrected chi connectivity index (χ3v) is 3.18. The van der Waals surface area contributed by atoms with Crippen LogP contribution in [0.3, 0.4) is 0 Å². The smallest absolute Gasteiger partial charge is 0.321 e. The van der Waals surface area contributed by atoms with Crippen molar-refractivity contribution in [3.63, 3.8) is 0 Å². The molecular formula is C15H14ClFN2O. The summed E-state index contributed by atoms with van der Waals surface area (Å²) in [5.41, 5.74) is 1.41. The van der Waals surface area contributed by atoms with Crippen LogP contribution in [0.5, 0.6) is 0 Å². The van der Waals surface area contributed by atoms with Crippen LogP contribution in [-0.2, 0) is 6.54 Å². The van der Waals surface area contributed by atoms with Crippen LogP contribution in [0, 0.1) is 5.82 Å². The summed E-state index contributed by atoms with van der Waals surface area (Å²) < 4.78 is 12.8. The van der Waals surface area contributed by atoms with E-state index in [1.165, 1.54) is 29.2 Å². The van der Waals surface area contributed by atoms with Crippen molar-refractivity contribution in [1.82, 2.24) is 4.90 Å². The topological polar surface area (TPSA) is 32.3 Å². The monoisotopic (exact) mass is 292 g/mol. The molecule has 104 valence electrons. The number of hydrogen-bond donors (Lipinski definition) is 1. The lowest BCUT2D eigenvalue weighted by atomic mass is 10.2. The van der Waals surface area contributed by atoms with Crippen LogP contribution in [-0.4, -0.2) is 18.0 Å². The number of hydrogen-bond acceptors (Lipinski definition) is 1. The number of nitrogens with one attached hydrogen (secondary N) is 1. The van der Waals surface area contributed by atoms with Crippen molar-refractivity contribution in [2.75, 3.05) is 12.4 Å². The maximum absolute atomic E-state index is 12.8. The Morgan fingerprint density at radius 2 is 1.85 bits per heavy atom. The van der Waals surface area contributed by atoms with Crippen molar-refractivity contribution in [3.05, 3.63) is 64.9 Å². The summed E-state index contributed by atoms with van der Waals surface area (Å²) in [7, 11) is 1.67. The van der Waals surface area contributed by atoms with E-state index in [4.69, 9.17) is 11.6 Å². The van der Waals surface area contributed by atoms with Crippen molar-refractivity contribution < 1.29 is 9.18 Å². The first kappa shape index (κ1) is 14.3. The van der Waals surface area contributed by atoms with E-state index in [1.54, 1.807) is 13.1 Å². The summed E-state index contributed by atoms with van der Waals surface area (Å²) >= 11 is 6.05. The lowest BCUT2D eigenvalue weighted by Gasteiger charge is -2.18. The minimum Gasteiger partial charge on any atom is -0.323 e. The third kappa shape index (κ3) is 3.71. The summed E-state index contributed by atoms with van der Waals surface area (Å²) in [5.74, 6) is -0.340. The SMILES string of the molecule is CN(Cc1ccccc1Cl)C(=O)Nc1ccc(F)cc1. The zero-order valence-electron chi connectivity index (χ0n) is 10.9. The lowest BCUT2D eigenvalue weighted by molar-refractivity contribution is 0.220. The van der Waals surface area contributed by atoms with Crippen LogP contribution in [0.15, 0.2) is 48.5 Å². The molecule has 3 nitrogen and oxygen atoms in total. The zero-order valence-corrected chi connectivity index (χ0v) is 11.7. The molecule has 0 saturated heterocycles. The third-order valence-electron chi connectivity index (χ3n) is 2.81. The Kier molecular flexibility index (Phi) is 4.58. The first-order chi connectivity index (χ1) is 9.56. The second kappa shape index (κ2) is 6.39. The summed E-state index contributed by atoms with van der Waals surface area (Å²) in [6, 6.07) is 12.7. The second-order valence-electron chi connectivity index (χ2n) is 4.38. The molecule has 2 aromatic carbocycles. The average molecular weight is 293 g/mol. The van der Waals surface area contributed by atoms with Gasteiger partial charge in [0.15, 0.2) is 0 Å². The van der Waals surface area contributed by atoms with Gasteiger partial charge in [0.2, 0.25) is 0 Å². The molecular weight excluding hydrogens is 279 g/mol. The highest BCUT2D eigenvalue weighted by Crippen LogP contribution is 2.17. The van der Waals surface area contributed by atoms with Crippen LogP contribution in [0.25, 0.3) is 0 Å². The van der Waals surface area contributed by atoms with Crippen LogP contribution in [0.2, 0.25) is 5.02 Å². The minimum absolute atomic E-state index is 0.281. The Hall–Kier alpha value is -2.07. The number of carbonyl (C=O) groups is 1. The van der Waals surface area contributed by atoms with E-state index in [-0.39, 0.29) is 11.8 Å². The van der Waals surface area contributed by atoms with E-state index in [2.05, 4.69) is 5.32 Å². The molecule has 0 heterocycles. The summed E-state index contributed by atoms with van der Waals surface area (Å²) in [4.78, 5) is 13.5. The fourth-order valence-electron chi connectivity index (χ4n) is 1.71. The Labute approximate surface area is 122 Å². The number of urea groups is 1. The van der Waals surface area contributed by atoms with E-state index >= 15 is 0 Å². The summed E-state index contributed by atoms with van der Waals surface area (Å²) in [6.45, 7) is 0.396. The molecule has 0 saturated carbocycles. The van der Waals surface area contributed by atoms with Gasteiger partial charge in [-0.1, -0.05) is 29.8 Å². The van der Waals surface area contributed by atoms with Crippen molar-refractivity contribution in [3.8, 4) is 0 Å². The van der Waals surface area contributed by atoms with E-state index in [0.717, 1.165) is 5.56 Å². The van der Waals surface area contributed by atoms with Gasteiger partial charge in [-0.2, -0.15) is 0 Å². The number of rotatable bonds is 3. The van der Waals surface area contributed by atoms with Crippen molar-refractivity contribution in [1.29, 1.82) is 0 Å². The number of anilines is 1. The van der Waals surface area contributed by atoms with Crippen LogP contribution >= 0.6 is 11.6 Å². The number of halogens is 2. The standard InChI is InChI=1S/C15H14ClFN2O/c1-19(10-11-4-2-3-5-14(11)16)15(20)18-13-8-6-12(17)7-9-13/h2-9H,10H2,1H3,(H,18,20). The average Bonchev–Trinajstić information content (AvgIpc) is 2.44. The van der Waals surface area contributed by atoms with Gasteiger partial charge in [0.1, 0.15) is 5.82 Å². The molecule has 2 aromatic rings. The Morgan fingerprint density at radius 1 is 1.20 bits per heavy atom. The van der Waals surface area contributed by atoms with Crippen molar-refractivity contribution in [2.24, 2.45) is 0 Å². The largest absolute Gasteiger partial charge is 0.323 e. The molecule has 0 spiro atoms. The van der Waals surface area contributed by atoms with Gasteiger partial charge in [-0.05, 0) is 35.9 Å².